The molecular formula is C17H14BrNO3. The van der Waals surface area contributed by atoms with Gasteiger partial charge in [-0.15, -0.1) is 0 Å². The lowest BCUT2D eigenvalue weighted by atomic mass is 10.1. The summed E-state index contributed by atoms with van der Waals surface area (Å²) >= 11 is 3.31. The zero-order chi connectivity index (χ0) is 15.4. The predicted molar refractivity (Wildman–Crippen MR) is 86.0 cm³/mol. The van der Waals surface area contributed by atoms with Gasteiger partial charge in [-0.05, 0) is 45.3 Å². The third kappa shape index (κ3) is 3.55. The Hall–Kier alpha value is -2.11. The van der Waals surface area contributed by atoms with E-state index in [-0.39, 0.29) is 18.7 Å². The van der Waals surface area contributed by atoms with Crippen LogP contribution in [-0.4, -0.2) is 5.97 Å². The number of halogens is 1. The molecule has 0 saturated heterocycles. The average molecular weight is 360 g/mol. The molecule has 0 aromatic heterocycles. The van der Waals surface area contributed by atoms with Crippen molar-refractivity contribution in [3.05, 3.63) is 82.0 Å². The minimum absolute atomic E-state index is 0.163. The van der Waals surface area contributed by atoms with Crippen LogP contribution in [0.2, 0.25) is 0 Å². The first kappa shape index (κ1) is 14.8. The van der Waals surface area contributed by atoms with Crippen molar-refractivity contribution in [2.45, 2.75) is 12.7 Å². The minimum atomic E-state index is -0.336. The molecule has 0 fully saturated rings. The second-order valence-electron chi connectivity index (χ2n) is 4.84. The third-order valence-electron chi connectivity index (χ3n) is 3.27. The number of nitrogens with one attached hydrogen (secondary N) is 1. The van der Waals surface area contributed by atoms with Gasteiger partial charge in [-0.3, -0.25) is 10.3 Å². The summed E-state index contributed by atoms with van der Waals surface area (Å²) in [4.78, 5) is 17.4. The van der Waals surface area contributed by atoms with Gasteiger partial charge in [0.15, 0.2) is 0 Å². The normalized spacial score (nSPS) is 16.8. The van der Waals surface area contributed by atoms with Gasteiger partial charge in [-0.25, -0.2) is 4.79 Å². The summed E-state index contributed by atoms with van der Waals surface area (Å²) in [6, 6.07) is 16.8. The molecule has 2 aromatic rings. The Bertz CT molecular complexity index is 683. The van der Waals surface area contributed by atoms with Crippen molar-refractivity contribution >= 4 is 21.9 Å². The first-order valence-electron chi connectivity index (χ1n) is 6.82. The average Bonchev–Trinajstić information content (AvgIpc) is 3.00. The van der Waals surface area contributed by atoms with E-state index in [0.717, 1.165) is 15.7 Å². The molecule has 0 spiro atoms. The maximum atomic E-state index is 12.0. The first-order valence-corrected chi connectivity index (χ1v) is 7.62. The van der Waals surface area contributed by atoms with Gasteiger partial charge in [0.1, 0.15) is 17.3 Å². The van der Waals surface area contributed by atoms with Crippen LogP contribution < -0.4 is 5.48 Å². The molecule has 1 heterocycles. The summed E-state index contributed by atoms with van der Waals surface area (Å²) in [5.74, 6) is -0.336. The SMILES string of the molecule is O=C(OCc1ccccc1)c1ccc([C@@H]2C=C(Br)NO2)cc1. The Morgan fingerprint density at radius 3 is 2.50 bits per heavy atom. The Morgan fingerprint density at radius 2 is 1.86 bits per heavy atom. The Balaban J connectivity index is 1.61. The van der Waals surface area contributed by atoms with Gasteiger partial charge in [0, 0.05) is 0 Å². The number of hydrogen-bond acceptors (Lipinski definition) is 4. The molecule has 0 unspecified atom stereocenters. The van der Waals surface area contributed by atoms with Gasteiger partial charge < -0.3 is 4.74 Å². The van der Waals surface area contributed by atoms with E-state index in [9.17, 15) is 4.79 Å². The fourth-order valence-electron chi connectivity index (χ4n) is 2.10. The highest BCUT2D eigenvalue weighted by atomic mass is 79.9. The van der Waals surface area contributed by atoms with E-state index in [1.165, 1.54) is 0 Å². The minimum Gasteiger partial charge on any atom is -0.457 e. The maximum absolute atomic E-state index is 12.0. The van der Waals surface area contributed by atoms with Crippen LogP contribution in [0.25, 0.3) is 0 Å². The van der Waals surface area contributed by atoms with Crippen LogP contribution in [0.1, 0.15) is 27.6 Å². The van der Waals surface area contributed by atoms with E-state index in [0.29, 0.717) is 5.56 Å². The Labute approximate surface area is 136 Å². The second kappa shape index (κ2) is 6.77. The first-order chi connectivity index (χ1) is 10.7. The van der Waals surface area contributed by atoms with E-state index in [4.69, 9.17) is 9.57 Å². The largest absolute Gasteiger partial charge is 0.457 e. The molecule has 1 aliphatic rings. The monoisotopic (exact) mass is 359 g/mol. The fourth-order valence-corrected chi connectivity index (χ4v) is 2.43. The number of ether oxygens (including phenoxy) is 1. The molecule has 112 valence electrons. The number of benzene rings is 2. The highest BCUT2D eigenvalue weighted by molar-refractivity contribution is 9.11. The summed E-state index contributed by atoms with van der Waals surface area (Å²) in [5.41, 5.74) is 5.18. The van der Waals surface area contributed by atoms with Crippen molar-refractivity contribution < 1.29 is 14.4 Å². The van der Waals surface area contributed by atoms with Crippen LogP contribution in [0, 0.1) is 0 Å². The van der Waals surface area contributed by atoms with Gasteiger partial charge in [0.2, 0.25) is 0 Å². The van der Waals surface area contributed by atoms with E-state index >= 15 is 0 Å². The molecule has 0 saturated carbocycles. The highest BCUT2D eigenvalue weighted by Gasteiger charge is 2.17. The summed E-state index contributed by atoms with van der Waals surface area (Å²) in [6.07, 6.45) is 1.74. The van der Waals surface area contributed by atoms with Crippen molar-refractivity contribution in [2.24, 2.45) is 0 Å². The fraction of sp³-hybridized carbons (Fsp3) is 0.118. The molecule has 2 aromatic carbocycles. The molecule has 3 rings (SSSR count). The van der Waals surface area contributed by atoms with E-state index < -0.39 is 0 Å². The van der Waals surface area contributed by atoms with E-state index in [1.807, 2.05) is 48.5 Å². The van der Waals surface area contributed by atoms with Crippen molar-refractivity contribution in [3.8, 4) is 0 Å². The van der Waals surface area contributed by atoms with Gasteiger partial charge in [-0.1, -0.05) is 42.5 Å². The van der Waals surface area contributed by atoms with Crippen LogP contribution >= 0.6 is 15.9 Å². The van der Waals surface area contributed by atoms with Crippen LogP contribution in [0.4, 0.5) is 0 Å². The number of esters is 1. The summed E-state index contributed by atoms with van der Waals surface area (Å²) in [5, 5.41) is 0. The number of carbonyl (C=O) groups excluding carboxylic acids is 1. The predicted octanol–water partition coefficient (Wildman–Crippen LogP) is 3.86. The molecule has 0 amide bonds. The lowest BCUT2D eigenvalue weighted by Crippen LogP contribution is -2.07. The molecule has 1 atom stereocenters. The van der Waals surface area contributed by atoms with Crippen LogP contribution in [0.3, 0.4) is 0 Å². The van der Waals surface area contributed by atoms with Gasteiger partial charge in [0.25, 0.3) is 0 Å². The summed E-state index contributed by atoms with van der Waals surface area (Å²) in [7, 11) is 0. The number of rotatable bonds is 4. The molecular weight excluding hydrogens is 346 g/mol. The zero-order valence-corrected chi connectivity index (χ0v) is 13.2. The lowest BCUT2D eigenvalue weighted by molar-refractivity contribution is 0.0451. The van der Waals surface area contributed by atoms with Crippen molar-refractivity contribution in [1.29, 1.82) is 0 Å². The van der Waals surface area contributed by atoms with Crippen molar-refractivity contribution in [3.63, 3.8) is 0 Å². The van der Waals surface area contributed by atoms with Crippen molar-refractivity contribution in [2.75, 3.05) is 0 Å². The molecule has 1 N–H and O–H groups in total. The second-order valence-corrected chi connectivity index (χ2v) is 5.69. The third-order valence-corrected chi connectivity index (χ3v) is 3.69. The van der Waals surface area contributed by atoms with E-state index in [2.05, 4.69) is 21.4 Å². The smallest absolute Gasteiger partial charge is 0.338 e. The van der Waals surface area contributed by atoms with Gasteiger partial charge >= 0.3 is 5.97 Å². The number of hydrogen-bond donors (Lipinski definition) is 1. The number of carbonyl (C=O) groups is 1. The molecule has 0 radical (unpaired) electrons. The van der Waals surface area contributed by atoms with E-state index in [1.54, 1.807) is 12.1 Å². The molecule has 4 nitrogen and oxygen atoms in total. The van der Waals surface area contributed by atoms with Gasteiger partial charge in [0.05, 0.1) is 5.56 Å². The Morgan fingerprint density at radius 1 is 1.14 bits per heavy atom. The zero-order valence-electron chi connectivity index (χ0n) is 11.7. The standard InChI is InChI=1S/C17H14BrNO3/c18-16-10-15(22-19-16)13-6-8-14(9-7-13)17(20)21-11-12-4-2-1-3-5-12/h1-10,15,19H,11H2/t15-/m0/s1. The number of hydroxylamine groups is 1. The highest BCUT2D eigenvalue weighted by Crippen LogP contribution is 2.26. The quantitative estimate of drug-likeness (QED) is 0.665. The molecule has 22 heavy (non-hydrogen) atoms. The van der Waals surface area contributed by atoms with Gasteiger partial charge in [-0.2, -0.15) is 0 Å². The Kier molecular flexibility index (Phi) is 4.56. The summed E-state index contributed by atoms with van der Waals surface area (Å²) < 4.78 is 6.09. The topological polar surface area (TPSA) is 47.6 Å². The maximum Gasteiger partial charge on any atom is 0.338 e. The molecule has 0 bridgehead atoms. The van der Waals surface area contributed by atoms with Crippen LogP contribution in [-0.2, 0) is 16.2 Å². The summed E-state index contributed by atoms with van der Waals surface area (Å²) in [6.45, 7) is 0.271. The van der Waals surface area contributed by atoms with Crippen LogP contribution in [0.5, 0.6) is 0 Å². The van der Waals surface area contributed by atoms with Crippen molar-refractivity contribution in [1.82, 2.24) is 5.48 Å². The molecule has 5 heteroatoms. The lowest BCUT2D eigenvalue weighted by Gasteiger charge is -2.09. The van der Waals surface area contributed by atoms with Crippen LogP contribution in [0.15, 0.2) is 65.3 Å². The molecule has 0 aliphatic carbocycles. The molecule has 1 aliphatic heterocycles.